The first-order valence-corrected chi connectivity index (χ1v) is 5.73. The van der Waals surface area contributed by atoms with Crippen LogP contribution in [0.5, 0.6) is 0 Å². The van der Waals surface area contributed by atoms with Crippen LogP contribution in [0.2, 0.25) is 0 Å². The Labute approximate surface area is 106 Å². The van der Waals surface area contributed by atoms with Crippen LogP contribution in [0.4, 0.5) is 0 Å². The van der Waals surface area contributed by atoms with Crippen LogP contribution in [0.15, 0.2) is 12.4 Å². The number of hydrogen-bond acceptors (Lipinski definition) is 5. The zero-order chi connectivity index (χ0) is 13.5. The quantitative estimate of drug-likeness (QED) is 0.724. The Hall–Kier alpha value is -1.98. The van der Waals surface area contributed by atoms with Crippen molar-refractivity contribution in [1.82, 2.24) is 14.9 Å². The fourth-order valence-corrected chi connectivity index (χ4v) is 1.40. The smallest absolute Gasteiger partial charge is 0.307 e. The first kappa shape index (κ1) is 14.1. The summed E-state index contributed by atoms with van der Waals surface area (Å²) in [6, 6.07) is 0. The third-order valence-corrected chi connectivity index (χ3v) is 2.48. The number of aryl methyl sites for hydroxylation is 1. The van der Waals surface area contributed by atoms with Gasteiger partial charge in [-0.15, -0.1) is 0 Å². The van der Waals surface area contributed by atoms with Crippen LogP contribution in [0.3, 0.4) is 0 Å². The van der Waals surface area contributed by atoms with Crippen LogP contribution >= 0.6 is 0 Å². The molecule has 0 atom stereocenters. The molecule has 0 bridgehead atoms. The van der Waals surface area contributed by atoms with E-state index in [0.717, 1.165) is 5.69 Å². The monoisotopic (exact) mass is 251 g/mol. The largest absolute Gasteiger partial charge is 0.469 e. The first-order valence-electron chi connectivity index (χ1n) is 5.73. The highest BCUT2D eigenvalue weighted by molar-refractivity contribution is 5.92. The van der Waals surface area contributed by atoms with Crippen molar-refractivity contribution in [3.05, 3.63) is 23.8 Å². The Morgan fingerprint density at radius 2 is 2.06 bits per heavy atom. The van der Waals surface area contributed by atoms with Gasteiger partial charge < -0.3 is 9.64 Å². The van der Waals surface area contributed by atoms with E-state index in [2.05, 4.69) is 14.7 Å². The van der Waals surface area contributed by atoms with E-state index < -0.39 is 0 Å². The first-order chi connectivity index (χ1) is 8.58. The molecule has 6 nitrogen and oxygen atoms in total. The fourth-order valence-electron chi connectivity index (χ4n) is 1.40. The van der Waals surface area contributed by atoms with E-state index >= 15 is 0 Å². The van der Waals surface area contributed by atoms with Gasteiger partial charge >= 0.3 is 5.97 Å². The van der Waals surface area contributed by atoms with Gasteiger partial charge in [0.15, 0.2) is 0 Å². The molecule has 0 aliphatic carbocycles. The minimum absolute atomic E-state index is 0.176. The van der Waals surface area contributed by atoms with Gasteiger partial charge in [-0.3, -0.25) is 14.6 Å². The molecule has 6 heteroatoms. The van der Waals surface area contributed by atoms with Crippen molar-refractivity contribution < 1.29 is 14.3 Å². The van der Waals surface area contributed by atoms with Crippen molar-refractivity contribution >= 4 is 11.9 Å². The van der Waals surface area contributed by atoms with Gasteiger partial charge in [-0.1, -0.05) is 0 Å². The number of nitrogens with zero attached hydrogens (tertiary/aromatic N) is 3. The van der Waals surface area contributed by atoms with E-state index in [1.165, 1.54) is 18.2 Å². The van der Waals surface area contributed by atoms with E-state index in [1.54, 1.807) is 13.1 Å². The summed E-state index contributed by atoms with van der Waals surface area (Å²) in [5.41, 5.74) is 1.04. The molecule has 0 aliphatic rings. The molecule has 0 spiro atoms. The highest BCUT2D eigenvalue weighted by atomic mass is 16.5. The number of ether oxygens (including phenoxy) is 1. The van der Waals surface area contributed by atoms with Crippen LogP contribution in [-0.2, 0) is 9.53 Å². The molecule has 0 saturated carbocycles. The average Bonchev–Trinajstić information content (AvgIpc) is 2.39. The highest BCUT2D eigenvalue weighted by Crippen LogP contribution is 2.02. The maximum atomic E-state index is 12.1. The number of carbonyl (C=O) groups is 2. The van der Waals surface area contributed by atoms with E-state index in [-0.39, 0.29) is 24.0 Å². The van der Waals surface area contributed by atoms with Crippen molar-refractivity contribution in [3.8, 4) is 0 Å². The van der Waals surface area contributed by atoms with E-state index in [0.29, 0.717) is 13.1 Å². The molecular weight excluding hydrogens is 234 g/mol. The number of methoxy groups -OCH3 is 1. The summed E-state index contributed by atoms with van der Waals surface area (Å²) in [5, 5.41) is 0. The zero-order valence-corrected chi connectivity index (χ0v) is 10.8. The van der Waals surface area contributed by atoms with E-state index in [1.807, 2.05) is 6.92 Å². The Kier molecular flexibility index (Phi) is 5.23. The molecule has 18 heavy (non-hydrogen) atoms. The van der Waals surface area contributed by atoms with Crippen molar-refractivity contribution in [2.24, 2.45) is 0 Å². The van der Waals surface area contributed by atoms with Crippen molar-refractivity contribution in [1.29, 1.82) is 0 Å². The highest BCUT2D eigenvalue weighted by Gasteiger charge is 2.16. The maximum Gasteiger partial charge on any atom is 0.307 e. The lowest BCUT2D eigenvalue weighted by molar-refractivity contribution is -0.140. The van der Waals surface area contributed by atoms with Gasteiger partial charge in [0, 0.05) is 19.3 Å². The number of amides is 1. The molecule has 0 radical (unpaired) electrons. The minimum atomic E-state index is -0.337. The second-order valence-electron chi connectivity index (χ2n) is 3.75. The Morgan fingerprint density at radius 3 is 2.56 bits per heavy atom. The fraction of sp³-hybridized carbons (Fsp3) is 0.500. The molecule has 1 aromatic heterocycles. The molecular formula is C12H17N3O3. The van der Waals surface area contributed by atoms with Crippen LogP contribution in [0.1, 0.15) is 29.5 Å². The summed E-state index contributed by atoms with van der Waals surface area (Å²) in [6.45, 7) is 4.47. The van der Waals surface area contributed by atoms with Crippen molar-refractivity contribution in [3.63, 3.8) is 0 Å². The molecule has 0 aliphatic heterocycles. The SMILES string of the molecule is CCN(CCC(=O)OC)C(=O)c1cnc(C)cn1. The summed E-state index contributed by atoms with van der Waals surface area (Å²) >= 11 is 0. The molecule has 0 fully saturated rings. The molecule has 0 unspecified atom stereocenters. The molecule has 1 aromatic rings. The van der Waals surface area contributed by atoms with Crippen molar-refractivity contribution in [2.45, 2.75) is 20.3 Å². The number of esters is 1. The predicted molar refractivity (Wildman–Crippen MR) is 65.0 cm³/mol. The summed E-state index contributed by atoms with van der Waals surface area (Å²) in [5.74, 6) is -0.565. The third-order valence-electron chi connectivity index (χ3n) is 2.48. The molecule has 1 amide bonds. The van der Waals surface area contributed by atoms with Gasteiger partial charge in [0.25, 0.3) is 5.91 Å². The van der Waals surface area contributed by atoms with Gasteiger partial charge in [-0.2, -0.15) is 0 Å². The van der Waals surface area contributed by atoms with Gasteiger partial charge in [0.1, 0.15) is 5.69 Å². The molecule has 1 heterocycles. The van der Waals surface area contributed by atoms with E-state index in [9.17, 15) is 9.59 Å². The summed E-state index contributed by atoms with van der Waals surface area (Å²) in [7, 11) is 1.33. The second-order valence-corrected chi connectivity index (χ2v) is 3.75. The molecule has 98 valence electrons. The second kappa shape index (κ2) is 6.68. The zero-order valence-electron chi connectivity index (χ0n) is 10.8. The van der Waals surface area contributed by atoms with Crippen molar-refractivity contribution in [2.75, 3.05) is 20.2 Å². The van der Waals surface area contributed by atoms with Gasteiger partial charge in [0.05, 0.1) is 25.4 Å². The van der Waals surface area contributed by atoms with Crippen LogP contribution < -0.4 is 0 Å². The van der Waals surface area contributed by atoms with Crippen LogP contribution in [0.25, 0.3) is 0 Å². The lowest BCUT2D eigenvalue weighted by Gasteiger charge is -2.19. The topological polar surface area (TPSA) is 72.4 Å². The third kappa shape index (κ3) is 3.80. The minimum Gasteiger partial charge on any atom is -0.469 e. The molecule has 1 rings (SSSR count). The number of aromatic nitrogens is 2. The van der Waals surface area contributed by atoms with Gasteiger partial charge in [0.2, 0.25) is 0 Å². The standard InChI is InChI=1S/C12H17N3O3/c1-4-15(6-5-11(16)18-3)12(17)10-8-13-9(2)7-14-10/h7-8H,4-6H2,1-3H3. The average molecular weight is 251 g/mol. The summed E-state index contributed by atoms with van der Waals surface area (Å²) in [6.07, 6.45) is 3.16. The Morgan fingerprint density at radius 1 is 1.33 bits per heavy atom. The molecule has 0 saturated heterocycles. The van der Waals surface area contributed by atoms with Gasteiger partial charge in [-0.05, 0) is 13.8 Å². The van der Waals surface area contributed by atoms with Crippen LogP contribution in [0, 0.1) is 6.92 Å². The summed E-state index contributed by atoms with van der Waals surface area (Å²) in [4.78, 5) is 32.7. The van der Waals surface area contributed by atoms with E-state index in [4.69, 9.17) is 0 Å². The normalized spacial score (nSPS) is 9.94. The number of rotatable bonds is 5. The Balaban J connectivity index is 2.67. The summed E-state index contributed by atoms with van der Waals surface area (Å²) < 4.78 is 4.54. The molecule has 0 aromatic carbocycles. The van der Waals surface area contributed by atoms with Gasteiger partial charge in [-0.25, -0.2) is 4.98 Å². The number of carbonyl (C=O) groups excluding carboxylic acids is 2. The lowest BCUT2D eigenvalue weighted by Crippen LogP contribution is -2.33. The maximum absolute atomic E-state index is 12.1. The molecule has 0 N–H and O–H groups in total. The number of hydrogen-bond donors (Lipinski definition) is 0. The lowest BCUT2D eigenvalue weighted by atomic mass is 10.3. The Bertz CT molecular complexity index is 417. The predicted octanol–water partition coefficient (Wildman–Crippen LogP) is 0.810. The van der Waals surface area contributed by atoms with Crippen LogP contribution in [-0.4, -0.2) is 46.9 Å².